The molecule has 118 valence electrons. The summed E-state index contributed by atoms with van der Waals surface area (Å²) in [6, 6.07) is 6.08. The van der Waals surface area contributed by atoms with Crippen molar-refractivity contribution in [1.29, 1.82) is 0 Å². The van der Waals surface area contributed by atoms with Crippen molar-refractivity contribution in [2.45, 2.75) is 19.1 Å². The number of hydrogen-bond acceptors (Lipinski definition) is 3. The summed E-state index contributed by atoms with van der Waals surface area (Å²) in [5.41, 5.74) is 0.817. The number of hydrogen-bond donors (Lipinski definition) is 0. The number of rotatable bonds is 3. The number of nitrogens with zero attached hydrogens (tertiary/aromatic N) is 1. The molecule has 0 N–H and O–H groups in total. The second-order valence-corrected chi connectivity index (χ2v) is 5.66. The number of amides is 1. The number of ether oxygens (including phenoxy) is 2. The van der Waals surface area contributed by atoms with Gasteiger partial charge in [-0.1, -0.05) is 12.1 Å². The van der Waals surface area contributed by atoms with E-state index >= 15 is 0 Å². The molecule has 2 saturated heterocycles. The van der Waals surface area contributed by atoms with E-state index in [0.29, 0.717) is 19.1 Å². The maximum absolute atomic E-state index is 12.8. The van der Waals surface area contributed by atoms with Crippen LogP contribution in [0.1, 0.15) is 18.4 Å². The van der Waals surface area contributed by atoms with Crippen LogP contribution in [0.2, 0.25) is 0 Å². The van der Waals surface area contributed by atoms with Crippen LogP contribution in [-0.4, -0.2) is 43.4 Å². The van der Waals surface area contributed by atoms with E-state index in [1.807, 2.05) is 4.90 Å². The van der Waals surface area contributed by atoms with Crippen molar-refractivity contribution in [3.8, 4) is 0 Å². The Bertz CT molecular complexity index is 529. The van der Waals surface area contributed by atoms with Gasteiger partial charge in [-0.05, 0) is 36.6 Å². The van der Waals surface area contributed by atoms with Crippen LogP contribution >= 0.6 is 0 Å². The Balaban J connectivity index is 1.50. The lowest BCUT2D eigenvalue weighted by molar-refractivity contribution is -0.131. The normalized spacial score (nSPS) is 20.9. The van der Waals surface area contributed by atoms with E-state index in [2.05, 4.69) is 0 Å². The summed E-state index contributed by atoms with van der Waals surface area (Å²) in [7, 11) is 0. The molecule has 0 atom stereocenters. The van der Waals surface area contributed by atoms with E-state index in [-0.39, 0.29) is 18.0 Å². The highest BCUT2D eigenvalue weighted by atomic mass is 19.1. The molecule has 0 bridgehead atoms. The Hall–Kier alpha value is -1.72. The zero-order chi connectivity index (χ0) is 15.4. The lowest BCUT2D eigenvalue weighted by atomic mass is 9.96. The fourth-order valence-electron chi connectivity index (χ4n) is 2.89. The van der Waals surface area contributed by atoms with Crippen LogP contribution in [0.5, 0.6) is 0 Å². The highest BCUT2D eigenvalue weighted by Gasteiger charge is 2.31. The average molecular weight is 305 g/mol. The van der Waals surface area contributed by atoms with Gasteiger partial charge in [-0.3, -0.25) is 4.79 Å². The van der Waals surface area contributed by atoms with Gasteiger partial charge in [0.05, 0.1) is 13.2 Å². The van der Waals surface area contributed by atoms with Gasteiger partial charge in [-0.15, -0.1) is 0 Å². The average Bonchev–Trinajstić information content (AvgIpc) is 3.09. The molecule has 0 aliphatic carbocycles. The number of benzene rings is 1. The van der Waals surface area contributed by atoms with Gasteiger partial charge in [0.1, 0.15) is 5.82 Å². The van der Waals surface area contributed by atoms with E-state index in [9.17, 15) is 9.18 Å². The molecule has 0 unspecified atom stereocenters. The standard InChI is InChI=1S/C17H20FNO3/c18-15-4-1-13(2-5-15)3-6-16(20)19-9-7-14(8-10-19)17-21-11-12-22-17/h1-6,14,17H,7-12H2/b6-3+. The second kappa shape index (κ2) is 7.03. The third-order valence-electron chi connectivity index (χ3n) is 4.17. The summed E-state index contributed by atoms with van der Waals surface area (Å²) in [6.45, 7) is 2.79. The summed E-state index contributed by atoms with van der Waals surface area (Å²) in [5, 5.41) is 0. The largest absolute Gasteiger partial charge is 0.350 e. The molecule has 3 rings (SSSR count). The van der Waals surface area contributed by atoms with Crippen LogP contribution in [0.4, 0.5) is 4.39 Å². The molecule has 5 heteroatoms. The van der Waals surface area contributed by atoms with Gasteiger partial charge >= 0.3 is 0 Å². The Labute approximate surface area is 129 Å². The summed E-state index contributed by atoms with van der Waals surface area (Å²) >= 11 is 0. The first-order valence-corrected chi connectivity index (χ1v) is 7.68. The summed E-state index contributed by atoms with van der Waals surface area (Å²) in [4.78, 5) is 14.0. The van der Waals surface area contributed by atoms with Gasteiger partial charge in [-0.25, -0.2) is 4.39 Å². The van der Waals surface area contributed by atoms with Crippen LogP contribution in [0.3, 0.4) is 0 Å². The van der Waals surface area contributed by atoms with Gasteiger partial charge in [0, 0.05) is 25.1 Å². The van der Waals surface area contributed by atoms with Crippen molar-refractivity contribution < 1.29 is 18.7 Å². The quantitative estimate of drug-likeness (QED) is 0.805. The fourth-order valence-corrected chi connectivity index (χ4v) is 2.89. The molecule has 2 heterocycles. The van der Waals surface area contributed by atoms with Gasteiger partial charge in [0.25, 0.3) is 0 Å². The number of likely N-dealkylation sites (tertiary alicyclic amines) is 1. The van der Waals surface area contributed by atoms with Crippen LogP contribution in [0.15, 0.2) is 30.3 Å². The monoisotopic (exact) mass is 305 g/mol. The third-order valence-corrected chi connectivity index (χ3v) is 4.17. The molecule has 2 aliphatic rings. The fraction of sp³-hybridized carbons (Fsp3) is 0.471. The highest BCUT2D eigenvalue weighted by Crippen LogP contribution is 2.25. The van der Waals surface area contributed by atoms with Crippen molar-refractivity contribution in [3.05, 3.63) is 41.7 Å². The number of piperidine rings is 1. The first-order chi connectivity index (χ1) is 10.7. The maximum Gasteiger partial charge on any atom is 0.246 e. The topological polar surface area (TPSA) is 38.8 Å². The maximum atomic E-state index is 12.8. The van der Waals surface area contributed by atoms with E-state index in [0.717, 1.165) is 31.5 Å². The molecule has 0 radical (unpaired) electrons. The first-order valence-electron chi connectivity index (χ1n) is 7.68. The molecule has 0 saturated carbocycles. The Morgan fingerprint density at radius 3 is 2.41 bits per heavy atom. The van der Waals surface area contributed by atoms with E-state index in [1.165, 1.54) is 12.1 Å². The molecule has 1 aromatic rings. The molecule has 2 aliphatic heterocycles. The van der Waals surface area contributed by atoms with E-state index < -0.39 is 0 Å². The molecule has 1 amide bonds. The summed E-state index contributed by atoms with van der Waals surface area (Å²) in [5.74, 6) is 0.102. The number of carbonyl (C=O) groups is 1. The Kier molecular flexibility index (Phi) is 4.85. The molecule has 22 heavy (non-hydrogen) atoms. The summed E-state index contributed by atoms with van der Waals surface area (Å²) in [6.07, 6.45) is 4.99. The molecule has 0 aromatic heterocycles. The predicted molar refractivity (Wildman–Crippen MR) is 80.4 cm³/mol. The molecule has 0 spiro atoms. The van der Waals surface area contributed by atoms with Crippen molar-refractivity contribution in [3.63, 3.8) is 0 Å². The van der Waals surface area contributed by atoms with Crippen LogP contribution in [0.25, 0.3) is 6.08 Å². The summed E-state index contributed by atoms with van der Waals surface area (Å²) < 4.78 is 23.9. The minimum Gasteiger partial charge on any atom is -0.350 e. The third kappa shape index (κ3) is 3.72. The zero-order valence-corrected chi connectivity index (χ0v) is 12.4. The Morgan fingerprint density at radius 2 is 1.77 bits per heavy atom. The van der Waals surface area contributed by atoms with Crippen molar-refractivity contribution in [1.82, 2.24) is 4.90 Å². The zero-order valence-electron chi connectivity index (χ0n) is 12.4. The van der Waals surface area contributed by atoms with Crippen LogP contribution in [0, 0.1) is 11.7 Å². The Morgan fingerprint density at radius 1 is 1.14 bits per heavy atom. The van der Waals surface area contributed by atoms with Crippen molar-refractivity contribution in [2.75, 3.05) is 26.3 Å². The van der Waals surface area contributed by atoms with Gasteiger partial charge < -0.3 is 14.4 Å². The highest BCUT2D eigenvalue weighted by molar-refractivity contribution is 5.91. The lowest BCUT2D eigenvalue weighted by Gasteiger charge is -2.33. The minimum absolute atomic E-state index is 0.00367. The SMILES string of the molecule is O=C(/C=C/c1ccc(F)cc1)N1CCC(C2OCCO2)CC1. The predicted octanol–water partition coefficient (Wildman–Crippen LogP) is 2.45. The smallest absolute Gasteiger partial charge is 0.246 e. The molecule has 1 aromatic carbocycles. The lowest BCUT2D eigenvalue weighted by Crippen LogP contribution is -2.40. The first kappa shape index (κ1) is 15.2. The number of carbonyl (C=O) groups excluding carboxylic acids is 1. The minimum atomic E-state index is -0.276. The molecular formula is C17H20FNO3. The van der Waals surface area contributed by atoms with Gasteiger partial charge in [0.2, 0.25) is 5.91 Å². The van der Waals surface area contributed by atoms with Crippen molar-refractivity contribution >= 4 is 12.0 Å². The van der Waals surface area contributed by atoms with E-state index in [4.69, 9.17) is 9.47 Å². The van der Waals surface area contributed by atoms with Crippen LogP contribution < -0.4 is 0 Å². The molecular weight excluding hydrogens is 285 g/mol. The van der Waals surface area contributed by atoms with Gasteiger partial charge in [0.15, 0.2) is 6.29 Å². The van der Waals surface area contributed by atoms with Crippen LogP contribution in [-0.2, 0) is 14.3 Å². The molecule has 4 nitrogen and oxygen atoms in total. The number of halogens is 1. The second-order valence-electron chi connectivity index (χ2n) is 5.66. The van der Waals surface area contributed by atoms with Gasteiger partial charge in [-0.2, -0.15) is 0 Å². The molecule has 2 fully saturated rings. The van der Waals surface area contributed by atoms with E-state index in [1.54, 1.807) is 24.3 Å². The van der Waals surface area contributed by atoms with Crippen molar-refractivity contribution in [2.24, 2.45) is 5.92 Å².